The lowest BCUT2D eigenvalue weighted by Crippen LogP contribution is -2.50. The van der Waals surface area contributed by atoms with Crippen molar-refractivity contribution in [3.8, 4) is 0 Å². The van der Waals surface area contributed by atoms with Crippen LogP contribution in [-0.2, 0) is 4.79 Å². The highest BCUT2D eigenvalue weighted by molar-refractivity contribution is 5.82. The molecular weight excluding hydrogens is 276 g/mol. The Morgan fingerprint density at radius 3 is 2.77 bits per heavy atom. The Balaban J connectivity index is 1.61. The molecule has 2 saturated heterocycles. The summed E-state index contributed by atoms with van der Waals surface area (Å²) in [7, 11) is 0. The number of rotatable bonds is 4. The van der Waals surface area contributed by atoms with Crippen LogP contribution in [0.3, 0.4) is 0 Å². The molecule has 3 unspecified atom stereocenters. The summed E-state index contributed by atoms with van der Waals surface area (Å²) in [4.78, 5) is 14.7. The van der Waals surface area contributed by atoms with Crippen LogP contribution in [0.5, 0.6) is 0 Å². The highest BCUT2D eigenvalue weighted by atomic mass is 16.3. The Kier molecular flexibility index (Phi) is 5.11. The maximum atomic E-state index is 12.7. The van der Waals surface area contributed by atoms with E-state index >= 15 is 0 Å². The van der Waals surface area contributed by atoms with Crippen molar-refractivity contribution in [1.82, 2.24) is 10.2 Å². The van der Waals surface area contributed by atoms with Crippen LogP contribution >= 0.6 is 0 Å². The molecule has 3 atom stereocenters. The molecule has 2 aliphatic rings. The second-order valence-corrected chi connectivity index (χ2v) is 6.49. The molecule has 3 rings (SSSR count). The molecule has 2 fully saturated rings. The van der Waals surface area contributed by atoms with Crippen molar-refractivity contribution in [2.45, 2.75) is 56.7 Å². The van der Waals surface area contributed by atoms with E-state index in [-0.39, 0.29) is 18.0 Å². The van der Waals surface area contributed by atoms with Gasteiger partial charge >= 0.3 is 0 Å². The zero-order chi connectivity index (χ0) is 15.4. The van der Waals surface area contributed by atoms with Gasteiger partial charge in [-0.05, 0) is 44.2 Å². The summed E-state index contributed by atoms with van der Waals surface area (Å²) < 4.78 is 0. The molecule has 2 heterocycles. The molecule has 0 bridgehead atoms. The molecule has 2 aliphatic heterocycles. The predicted molar refractivity (Wildman–Crippen MR) is 86.4 cm³/mol. The van der Waals surface area contributed by atoms with Crippen LogP contribution in [0.2, 0.25) is 0 Å². The number of nitrogens with one attached hydrogen (secondary N) is 1. The SMILES string of the molecule is O=C(C1CCCCN1)N1CCCC1CC(O)c1ccccc1. The number of hydrogen-bond acceptors (Lipinski definition) is 3. The first-order valence-electron chi connectivity index (χ1n) is 8.52. The zero-order valence-electron chi connectivity index (χ0n) is 13.1. The first-order valence-corrected chi connectivity index (χ1v) is 8.52. The molecular formula is C18H26N2O2. The zero-order valence-corrected chi connectivity index (χ0v) is 13.1. The van der Waals surface area contributed by atoms with Gasteiger partial charge in [0.05, 0.1) is 12.1 Å². The van der Waals surface area contributed by atoms with Crippen molar-refractivity contribution in [2.24, 2.45) is 0 Å². The second-order valence-electron chi connectivity index (χ2n) is 6.49. The van der Waals surface area contributed by atoms with E-state index in [0.29, 0.717) is 6.42 Å². The van der Waals surface area contributed by atoms with Gasteiger partial charge in [-0.3, -0.25) is 4.79 Å². The van der Waals surface area contributed by atoms with E-state index in [1.807, 2.05) is 35.2 Å². The fraction of sp³-hybridized carbons (Fsp3) is 0.611. The Labute approximate surface area is 132 Å². The average molecular weight is 302 g/mol. The lowest BCUT2D eigenvalue weighted by molar-refractivity contribution is -0.135. The molecule has 0 aromatic heterocycles. The number of hydrogen-bond donors (Lipinski definition) is 2. The van der Waals surface area contributed by atoms with Gasteiger partial charge in [0.15, 0.2) is 0 Å². The normalized spacial score (nSPS) is 26.9. The molecule has 0 spiro atoms. The molecule has 1 aromatic carbocycles. The number of nitrogens with zero attached hydrogens (tertiary/aromatic N) is 1. The molecule has 22 heavy (non-hydrogen) atoms. The van der Waals surface area contributed by atoms with E-state index in [4.69, 9.17) is 0 Å². The van der Waals surface area contributed by atoms with Crippen molar-refractivity contribution in [2.75, 3.05) is 13.1 Å². The Bertz CT molecular complexity index is 485. The third kappa shape index (κ3) is 3.50. The van der Waals surface area contributed by atoms with Gasteiger partial charge in [-0.15, -0.1) is 0 Å². The van der Waals surface area contributed by atoms with Crippen LogP contribution in [0.15, 0.2) is 30.3 Å². The van der Waals surface area contributed by atoms with Crippen molar-refractivity contribution >= 4 is 5.91 Å². The maximum absolute atomic E-state index is 12.7. The highest BCUT2D eigenvalue weighted by Gasteiger charge is 2.34. The fourth-order valence-electron chi connectivity index (χ4n) is 3.70. The molecule has 4 heteroatoms. The van der Waals surface area contributed by atoms with Gasteiger partial charge in [-0.1, -0.05) is 36.8 Å². The minimum absolute atomic E-state index is 0.0109. The molecule has 0 aliphatic carbocycles. The van der Waals surface area contributed by atoms with Crippen molar-refractivity contribution in [3.63, 3.8) is 0 Å². The van der Waals surface area contributed by atoms with Crippen LogP contribution in [-0.4, -0.2) is 41.1 Å². The number of piperidine rings is 1. The third-order valence-corrected chi connectivity index (χ3v) is 4.95. The molecule has 120 valence electrons. The summed E-state index contributed by atoms with van der Waals surface area (Å²) in [6.07, 6.45) is 5.45. The van der Waals surface area contributed by atoms with Gasteiger partial charge in [-0.25, -0.2) is 0 Å². The maximum Gasteiger partial charge on any atom is 0.239 e. The van der Waals surface area contributed by atoms with Gasteiger partial charge in [0.25, 0.3) is 0 Å². The van der Waals surface area contributed by atoms with Gasteiger partial charge < -0.3 is 15.3 Å². The minimum atomic E-state index is -0.487. The summed E-state index contributed by atoms with van der Waals surface area (Å²) in [5.41, 5.74) is 0.942. The van der Waals surface area contributed by atoms with E-state index in [1.54, 1.807) is 0 Å². The summed E-state index contributed by atoms with van der Waals surface area (Å²) in [5.74, 6) is 0.238. The number of aliphatic hydroxyl groups is 1. The van der Waals surface area contributed by atoms with E-state index < -0.39 is 6.10 Å². The van der Waals surface area contributed by atoms with Gasteiger partial charge in [0.1, 0.15) is 0 Å². The molecule has 0 saturated carbocycles. The second kappa shape index (κ2) is 7.25. The minimum Gasteiger partial charge on any atom is -0.388 e. The lowest BCUT2D eigenvalue weighted by Gasteiger charge is -2.32. The Morgan fingerprint density at radius 1 is 1.23 bits per heavy atom. The quantitative estimate of drug-likeness (QED) is 0.897. The topological polar surface area (TPSA) is 52.6 Å². The smallest absolute Gasteiger partial charge is 0.239 e. The molecule has 1 aromatic rings. The van der Waals surface area contributed by atoms with Crippen LogP contribution in [0.1, 0.15) is 50.2 Å². The van der Waals surface area contributed by atoms with Gasteiger partial charge in [0, 0.05) is 12.6 Å². The lowest BCUT2D eigenvalue weighted by atomic mass is 9.99. The van der Waals surface area contributed by atoms with Gasteiger partial charge in [-0.2, -0.15) is 0 Å². The third-order valence-electron chi connectivity index (χ3n) is 4.95. The van der Waals surface area contributed by atoms with Crippen LogP contribution < -0.4 is 5.32 Å². The summed E-state index contributed by atoms with van der Waals surface area (Å²) >= 11 is 0. The van der Waals surface area contributed by atoms with Crippen molar-refractivity contribution in [3.05, 3.63) is 35.9 Å². The van der Waals surface area contributed by atoms with E-state index in [1.165, 1.54) is 6.42 Å². The van der Waals surface area contributed by atoms with Crippen molar-refractivity contribution in [1.29, 1.82) is 0 Å². The molecule has 2 N–H and O–H groups in total. The van der Waals surface area contributed by atoms with Crippen LogP contribution in [0, 0.1) is 0 Å². The number of aliphatic hydroxyl groups excluding tert-OH is 1. The summed E-state index contributed by atoms with van der Waals surface area (Å²) in [6.45, 7) is 1.78. The van der Waals surface area contributed by atoms with Crippen LogP contribution in [0.25, 0.3) is 0 Å². The monoisotopic (exact) mass is 302 g/mol. The molecule has 1 amide bonds. The number of benzene rings is 1. The van der Waals surface area contributed by atoms with Crippen LogP contribution in [0.4, 0.5) is 0 Å². The largest absolute Gasteiger partial charge is 0.388 e. The first kappa shape index (κ1) is 15.5. The molecule has 4 nitrogen and oxygen atoms in total. The Hall–Kier alpha value is -1.39. The number of carbonyl (C=O) groups is 1. The van der Waals surface area contributed by atoms with E-state index in [9.17, 15) is 9.90 Å². The first-order chi connectivity index (χ1) is 10.8. The number of amides is 1. The highest BCUT2D eigenvalue weighted by Crippen LogP contribution is 2.28. The van der Waals surface area contributed by atoms with E-state index in [2.05, 4.69) is 5.32 Å². The number of carbonyl (C=O) groups excluding carboxylic acids is 1. The fourth-order valence-corrected chi connectivity index (χ4v) is 3.70. The number of likely N-dealkylation sites (tertiary alicyclic amines) is 1. The summed E-state index contributed by atoms with van der Waals surface area (Å²) in [6, 6.07) is 9.92. The predicted octanol–water partition coefficient (Wildman–Crippen LogP) is 2.24. The average Bonchev–Trinajstić information content (AvgIpc) is 3.04. The Morgan fingerprint density at radius 2 is 2.05 bits per heavy atom. The standard InChI is InChI=1S/C18H26N2O2/c21-17(14-7-2-1-3-8-14)13-15-9-6-12-20(15)18(22)16-10-4-5-11-19-16/h1-3,7-8,15-17,19,21H,4-6,9-13H2. The van der Waals surface area contributed by atoms with Crippen molar-refractivity contribution < 1.29 is 9.90 Å². The van der Waals surface area contributed by atoms with Gasteiger partial charge in [0.2, 0.25) is 5.91 Å². The molecule has 0 radical (unpaired) electrons. The summed E-state index contributed by atoms with van der Waals surface area (Å²) in [5, 5.41) is 13.8. The van der Waals surface area contributed by atoms with E-state index in [0.717, 1.165) is 44.3 Å².